The van der Waals surface area contributed by atoms with E-state index in [-0.39, 0.29) is 23.0 Å². The first-order valence-electron chi connectivity index (χ1n) is 12.2. The predicted molar refractivity (Wildman–Crippen MR) is 141 cm³/mol. The van der Waals surface area contributed by atoms with Gasteiger partial charge >= 0.3 is 0 Å². The number of piperazine rings is 1. The van der Waals surface area contributed by atoms with Crippen molar-refractivity contribution in [1.82, 2.24) is 15.2 Å². The lowest BCUT2D eigenvalue weighted by molar-refractivity contribution is 0.0938. The maximum absolute atomic E-state index is 13.2. The van der Waals surface area contributed by atoms with Crippen molar-refractivity contribution in [2.24, 2.45) is 0 Å². The molecule has 0 aliphatic carbocycles. The zero-order valence-electron chi connectivity index (χ0n) is 20.2. The van der Waals surface area contributed by atoms with Gasteiger partial charge in [0.1, 0.15) is 11.4 Å². The minimum absolute atomic E-state index is 0.104. The van der Waals surface area contributed by atoms with Crippen LogP contribution in [0, 0.1) is 5.82 Å². The number of carbonyl (C=O) groups is 1. The molecule has 1 saturated heterocycles. The molecule has 4 aromatic rings. The van der Waals surface area contributed by atoms with Crippen molar-refractivity contribution in [2.45, 2.75) is 19.5 Å². The third kappa shape index (κ3) is 5.16. The van der Waals surface area contributed by atoms with Crippen molar-refractivity contribution in [1.29, 1.82) is 0 Å². The molecule has 1 amide bonds. The van der Waals surface area contributed by atoms with Crippen molar-refractivity contribution >= 4 is 22.4 Å². The number of pyridine rings is 1. The van der Waals surface area contributed by atoms with Gasteiger partial charge in [0.05, 0.1) is 6.04 Å². The summed E-state index contributed by atoms with van der Waals surface area (Å²) in [7, 11) is 0. The Morgan fingerprint density at radius 2 is 1.67 bits per heavy atom. The number of halogens is 1. The number of anilines is 1. The topological polar surface area (TPSA) is 68.4 Å². The first-order chi connectivity index (χ1) is 17.5. The summed E-state index contributed by atoms with van der Waals surface area (Å²) in [4.78, 5) is 33.0. The second-order valence-electron chi connectivity index (χ2n) is 9.23. The first-order valence-corrected chi connectivity index (χ1v) is 12.2. The summed E-state index contributed by atoms with van der Waals surface area (Å²) in [5.41, 5.74) is 2.51. The minimum Gasteiger partial charge on any atom is -0.369 e. The molecule has 1 aromatic heterocycles. The van der Waals surface area contributed by atoms with Crippen molar-refractivity contribution < 1.29 is 9.18 Å². The lowest BCUT2D eigenvalue weighted by Gasteiger charge is -2.36. The summed E-state index contributed by atoms with van der Waals surface area (Å²) >= 11 is 0. The highest BCUT2D eigenvalue weighted by Gasteiger charge is 2.19. The maximum atomic E-state index is 13.2. The van der Waals surface area contributed by atoms with Crippen LogP contribution in [0.5, 0.6) is 0 Å². The number of amides is 1. The molecule has 1 aliphatic heterocycles. The molecule has 0 bridgehead atoms. The van der Waals surface area contributed by atoms with Gasteiger partial charge in [-0.3, -0.25) is 14.5 Å². The number of fused-ring (bicyclic) bond motifs is 1. The quantitative estimate of drug-likeness (QED) is 0.424. The number of carbonyl (C=O) groups excluding carboxylic acids is 1. The molecule has 184 valence electrons. The Morgan fingerprint density at radius 3 is 2.42 bits per heavy atom. The van der Waals surface area contributed by atoms with Crippen LogP contribution in [0.25, 0.3) is 10.8 Å². The van der Waals surface area contributed by atoms with Gasteiger partial charge < -0.3 is 15.2 Å². The molecule has 3 aromatic carbocycles. The predicted octanol–water partition coefficient (Wildman–Crippen LogP) is 4.48. The number of H-pyrrole nitrogens is 1. The van der Waals surface area contributed by atoms with Crippen LogP contribution in [0.3, 0.4) is 0 Å². The molecule has 7 heteroatoms. The highest BCUT2D eigenvalue weighted by molar-refractivity contribution is 5.94. The normalized spacial score (nSPS) is 15.1. The van der Waals surface area contributed by atoms with E-state index in [0.29, 0.717) is 6.54 Å². The summed E-state index contributed by atoms with van der Waals surface area (Å²) < 4.78 is 13.2. The van der Waals surface area contributed by atoms with E-state index in [4.69, 9.17) is 0 Å². The highest BCUT2D eigenvalue weighted by atomic mass is 19.1. The number of aromatic nitrogens is 1. The van der Waals surface area contributed by atoms with E-state index >= 15 is 0 Å². The molecule has 1 atom stereocenters. The van der Waals surface area contributed by atoms with Crippen LogP contribution in [-0.2, 0) is 6.54 Å². The molecule has 1 fully saturated rings. The smallest absolute Gasteiger partial charge is 0.261 e. The summed E-state index contributed by atoms with van der Waals surface area (Å²) in [6.07, 6.45) is 0. The summed E-state index contributed by atoms with van der Waals surface area (Å²) in [6.45, 7) is 5.81. The van der Waals surface area contributed by atoms with E-state index in [0.717, 1.165) is 53.9 Å². The van der Waals surface area contributed by atoms with Crippen LogP contribution >= 0.6 is 0 Å². The molecule has 5 rings (SSSR count). The van der Waals surface area contributed by atoms with Crippen LogP contribution in [0.1, 0.15) is 34.6 Å². The third-order valence-corrected chi connectivity index (χ3v) is 6.81. The van der Waals surface area contributed by atoms with Crippen molar-refractivity contribution in [2.75, 3.05) is 31.1 Å². The van der Waals surface area contributed by atoms with Crippen LogP contribution < -0.4 is 15.8 Å². The largest absolute Gasteiger partial charge is 0.369 e. The van der Waals surface area contributed by atoms with Gasteiger partial charge in [-0.15, -0.1) is 0 Å². The van der Waals surface area contributed by atoms with Crippen LogP contribution in [-0.4, -0.2) is 42.0 Å². The van der Waals surface area contributed by atoms with Crippen LogP contribution in [0.15, 0.2) is 83.7 Å². The van der Waals surface area contributed by atoms with E-state index in [9.17, 15) is 14.0 Å². The second kappa shape index (κ2) is 10.3. The zero-order valence-corrected chi connectivity index (χ0v) is 20.2. The van der Waals surface area contributed by atoms with Gasteiger partial charge in [-0.25, -0.2) is 4.39 Å². The number of hydrogen-bond donors (Lipinski definition) is 2. The fourth-order valence-electron chi connectivity index (χ4n) is 4.82. The molecule has 1 aliphatic rings. The Kier molecular flexibility index (Phi) is 6.82. The molecule has 36 heavy (non-hydrogen) atoms. The fraction of sp³-hybridized carbons (Fsp3) is 0.241. The SMILES string of the molecule is CC(NC(=O)c1ccc(CN2CCN(c3ccc(F)cc3)CC2)[nH]c1=O)c1cccc2ccccc12. The highest BCUT2D eigenvalue weighted by Crippen LogP contribution is 2.24. The maximum Gasteiger partial charge on any atom is 0.261 e. The number of hydrogen-bond acceptors (Lipinski definition) is 4. The van der Waals surface area contributed by atoms with Crippen LogP contribution in [0.2, 0.25) is 0 Å². The van der Waals surface area contributed by atoms with Gasteiger partial charge in [0, 0.05) is 44.1 Å². The number of aromatic amines is 1. The number of rotatable bonds is 6. The van der Waals surface area contributed by atoms with E-state index < -0.39 is 5.91 Å². The lowest BCUT2D eigenvalue weighted by Crippen LogP contribution is -2.46. The third-order valence-electron chi connectivity index (χ3n) is 6.81. The number of benzene rings is 3. The Balaban J connectivity index is 1.20. The Labute approximate surface area is 209 Å². The van der Waals surface area contributed by atoms with Gasteiger partial charge in [-0.2, -0.15) is 0 Å². The lowest BCUT2D eigenvalue weighted by atomic mass is 9.99. The monoisotopic (exact) mass is 484 g/mol. The molecule has 0 radical (unpaired) electrons. The Morgan fingerprint density at radius 1 is 0.944 bits per heavy atom. The molecule has 6 nitrogen and oxygen atoms in total. The van der Waals surface area contributed by atoms with Crippen molar-refractivity contribution in [3.8, 4) is 0 Å². The molecular formula is C29H29FN4O2. The second-order valence-corrected chi connectivity index (χ2v) is 9.23. The number of nitrogens with one attached hydrogen (secondary N) is 2. The van der Waals surface area contributed by atoms with E-state index in [1.54, 1.807) is 18.2 Å². The van der Waals surface area contributed by atoms with Crippen molar-refractivity contribution in [3.63, 3.8) is 0 Å². The van der Waals surface area contributed by atoms with Gasteiger partial charge in [0.25, 0.3) is 11.5 Å². The van der Waals surface area contributed by atoms with Gasteiger partial charge in [0.2, 0.25) is 0 Å². The summed E-state index contributed by atoms with van der Waals surface area (Å²) in [5, 5.41) is 5.16. The van der Waals surface area contributed by atoms with Gasteiger partial charge in [0.15, 0.2) is 0 Å². The Hall–Kier alpha value is -3.97. The van der Waals surface area contributed by atoms with Crippen LogP contribution in [0.4, 0.5) is 10.1 Å². The van der Waals surface area contributed by atoms with Gasteiger partial charge in [-0.1, -0.05) is 42.5 Å². The number of nitrogens with zero attached hydrogens (tertiary/aromatic N) is 2. The summed E-state index contributed by atoms with van der Waals surface area (Å²) in [6, 6.07) is 23.8. The molecule has 2 N–H and O–H groups in total. The average Bonchev–Trinajstić information content (AvgIpc) is 2.89. The van der Waals surface area contributed by atoms with Gasteiger partial charge in [-0.05, 0) is 59.7 Å². The average molecular weight is 485 g/mol. The van der Waals surface area contributed by atoms with E-state index in [1.165, 1.54) is 12.1 Å². The Bertz CT molecular complexity index is 1420. The molecular weight excluding hydrogens is 455 g/mol. The standard InChI is InChI=1S/C29H29FN4O2/c1-20(25-8-4-6-21-5-2-3-7-26(21)25)31-28(35)27-14-11-23(32-29(27)36)19-33-15-17-34(18-16-33)24-12-9-22(30)10-13-24/h2-14,20H,15-19H2,1H3,(H,31,35)(H,32,36). The minimum atomic E-state index is -0.392. The van der Waals surface area contributed by atoms with E-state index in [1.807, 2.05) is 55.5 Å². The first kappa shape index (κ1) is 23.8. The zero-order chi connectivity index (χ0) is 25.1. The summed E-state index contributed by atoms with van der Waals surface area (Å²) in [5.74, 6) is -0.627. The fourth-order valence-corrected chi connectivity index (χ4v) is 4.82. The molecule has 0 saturated carbocycles. The van der Waals surface area contributed by atoms with Crippen molar-refractivity contribution in [3.05, 3.63) is 112 Å². The van der Waals surface area contributed by atoms with E-state index in [2.05, 4.69) is 20.1 Å². The molecule has 1 unspecified atom stereocenters. The molecule has 0 spiro atoms. The molecule has 2 heterocycles.